The third kappa shape index (κ3) is 2.38. The lowest BCUT2D eigenvalue weighted by molar-refractivity contribution is -0.147. The van der Waals surface area contributed by atoms with Gasteiger partial charge in [-0.2, -0.15) is 0 Å². The van der Waals surface area contributed by atoms with E-state index in [1.807, 2.05) is 18.2 Å². The number of amides is 2. The van der Waals surface area contributed by atoms with E-state index in [0.717, 1.165) is 29.4 Å². The Balaban J connectivity index is 1.52. The molecule has 148 valence electrons. The van der Waals surface area contributed by atoms with Gasteiger partial charge < -0.3 is 14.6 Å². The lowest BCUT2D eigenvalue weighted by Crippen LogP contribution is -2.58. The number of hydrogen-bond acceptors (Lipinski definition) is 4. The molecule has 4 heterocycles. The topological polar surface area (TPSA) is 65.8 Å². The molecule has 4 aliphatic rings. The number of likely N-dealkylation sites (N-methyl/N-ethyl adjacent to an activating group) is 1. The number of nitrogens with one attached hydrogen (secondary N) is 1. The van der Waals surface area contributed by atoms with Crippen LogP contribution < -0.4 is 5.32 Å². The summed E-state index contributed by atoms with van der Waals surface area (Å²) in [5.41, 5.74) is 2.41. The summed E-state index contributed by atoms with van der Waals surface area (Å²) in [5, 5.41) is 4.80. The van der Waals surface area contributed by atoms with E-state index in [-0.39, 0.29) is 36.4 Å². The van der Waals surface area contributed by atoms with E-state index in [0.29, 0.717) is 17.7 Å². The van der Waals surface area contributed by atoms with Gasteiger partial charge >= 0.3 is 0 Å². The summed E-state index contributed by atoms with van der Waals surface area (Å²) in [6.07, 6.45) is 10.4. The van der Waals surface area contributed by atoms with Crippen LogP contribution in [0.4, 0.5) is 0 Å². The molecule has 2 saturated heterocycles. The van der Waals surface area contributed by atoms with Crippen LogP contribution in [0.15, 0.2) is 58.9 Å². The molecule has 2 amide bonds. The predicted molar refractivity (Wildman–Crippen MR) is 108 cm³/mol. The first-order valence-electron chi connectivity index (χ1n) is 10.3. The van der Waals surface area contributed by atoms with Gasteiger partial charge in [-0.25, -0.2) is 0 Å². The van der Waals surface area contributed by atoms with Crippen LogP contribution in [0.3, 0.4) is 0 Å². The van der Waals surface area contributed by atoms with Gasteiger partial charge in [0.25, 0.3) is 5.91 Å². The number of hydrogen-bond donors (Lipinski definition) is 1. The Morgan fingerprint density at radius 3 is 3.00 bits per heavy atom. The summed E-state index contributed by atoms with van der Waals surface area (Å²) in [6.45, 7) is 0.116. The van der Waals surface area contributed by atoms with Crippen LogP contribution >= 0.6 is 0 Å². The maximum Gasteiger partial charge on any atom is 0.270 e. The first-order valence-corrected chi connectivity index (χ1v) is 10.3. The normalized spacial score (nSPS) is 33.6. The third-order valence-corrected chi connectivity index (χ3v) is 7.02. The average Bonchev–Trinajstić information content (AvgIpc) is 3.34. The summed E-state index contributed by atoms with van der Waals surface area (Å²) in [7, 11) is 1.70. The molecular weight excluding hydrogens is 366 g/mol. The van der Waals surface area contributed by atoms with E-state index in [9.17, 15) is 9.59 Å². The number of furan rings is 1. The SMILES string of the molecule is CN1CC(=O)N2C(=CC3C4CCC=CC4NC3C2c2ccc3occc3c2)C1=O. The van der Waals surface area contributed by atoms with Crippen LogP contribution in [0.5, 0.6) is 0 Å². The molecule has 29 heavy (non-hydrogen) atoms. The Bertz CT molecular complexity index is 1080. The molecule has 0 bridgehead atoms. The average molecular weight is 389 g/mol. The molecule has 5 unspecified atom stereocenters. The maximum atomic E-state index is 13.1. The second-order valence-corrected chi connectivity index (χ2v) is 8.60. The molecule has 0 saturated carbocycles. The molecular formula is C23H23N3O3. The highest BCUT2D eigenvalue weighted by Crippen LogP contribution is 2.48. The number of piperazine rings is 1. The first-order chi connectivity index (χ1) is 14.1. The lowest BCUT2D eigenvalue weighted by Gasteiger charge is -2.46. The summed E-state index contributed by atoms with van der Waals surface area (Å²) >= 11 is 0. The van der Waals surface area contributed by atoms with Crippen molar-refractivity contribution in [2.75, 3.05) is 13.6 Å². The molecule has 2 fully saturated rings. The Labute approximate surface area is 168 Å². The minimum absolute atomic E-state index is 0.0266. The Hall–Kier alpha value is -2.86. The largest absolute Gasteiger partial charge is 0.464 e. The highest BCUT2D eigenvalue weighted by atomic mass is 16.3. The molecule has 6 nitrogen and oxygen atoms in total. The highest BCUT2D eigenvalue weighted by molar-refractivity contribution is 6.03. The van der Waals surface area contributed by atoms with Gasteiger partial charge in [0.15, 0.2) is 0 Å². The van der Waals surface area contributed by atoms with Crippen molar-refractivity contribution in [2.45, 2.75) is 31.0 Å². The van der Waals surface area contributed by atoms with Crippen LogP contribution in [0, 0.1) is 11.8 Å². The highest BCUT2D eigenvalue weighted by Gasteiger charge is 2.53. The van der Waals surface area contributed by atoms with E-state index in [1.54, 1.807) is 18.2 Å². The van der Waals surface area contributed by atoms with Crippen molar-refractivity contribution in [2.24, 2.45) is 11.8 Å². The second-order valence-electron chi connectivity index (χ2n) is 8.60. The molecule has 2 aromatic rings. The van der Waals surface area contributed by atoms with Crippen molar-refractivity contribution < 1.29 is 14.0 Å². The van der Waals surface area contributed by atoms with Crippen molar-refractivity contribution in [1.82, 2.24) is 15.1 Å². The minimum atomic E-state index is -0.205. The Morgan fingerprint density at radius 1 is 1.21 bits per heavy atom. The standard InChI is InChI=1S/C23H23N3O3/c1-25-12-20(27)26-18(23(25)28)11-16-15-4-2-3-5-17(15)24-21(16)22(26)14-6-7-19-13(10-14)8-9-29-19/h3,5-11,15-17,21-22,24H,2,4,12H2,1H3. The fraction of sp³-hybridized carbons (Fsp3) is 0.391. The second kappa shape index (κ2) is 6.07. The van der Waals surface area contributed by atoms with Crippen molar-refractivity contribution >= 4 is 22.8 Å². The number of allylic oxidation sites excluding steroid dienone is 1. The molecule has 0 radical (unpaired) electrons. The zero-order chi connectivity index (χ0) is 19.7. The monoisotopic (exact) mass is 389 g/mol. The summed E-state index contributed by atoms with van der Waals surface area (Å²) in [6, 6.07) is 8.20. The molecule has 5 atom stereocenters. The van der Waals surface area contributed by atoms with Gasteiger partial charge in [-0.15, -0.1) is 0 Å². The van der Waals surface area contributed by atoms with Gasteiger partial charge in [0.05, 0.1) is 12.3 Å². The number of rotatable bonds is 1. The van der Waals surface area contributed by atoms with Gasteiger partial charge in [0, 0.05) is 30.4 Å². The number of benzene rings is 1. The zero-order valence-electron chi connectivity index (χ0n) is 16.2. The first kappa shape index (κ1) is 17.0. The van der Waals surface area contributed by atoms with E-state index in [1.165, 1.54) is 4.90 Å². The number of carbonyl (C=O) groups is 2. The van der Waals surface area contributed by atoms with Gasteiger partial charge in [-0.1, -0.05) is 18.2 Å². The molecule has 1 aliphatic carbocycles. The van der Waals surface area contributed by atoms with Gasteiger partial charge in [0.1, 0.15) is 17.8 Å². The quantitative estimate of drug-likeness (QED) is 0.762. The molecule has 6 heteroatoms. The molecule has 1 aromatic carbocycles. The third-order valence-electron chi connectivity index (χ3n) is 7.02. The van der Waals surface area contributed by atoms with E-state index in [4.69, 9.17) is 4.42 Å². The fourth-order valence-corrected chi connectivity index (χ4v) is 5.70. The van der Waals surface area contributed by atoms with Crippen LogP contribution in [-0.4, -0.2) is 47.3 Å². The van der Waals surface area contributed by atoms with Crippen LogP contribution in [0.25, 0.3) is 11.0 Å². The summed E-state index contributed by atoms with van der Waals surface area (Å²) < 4.78 is 5.51. The zero-order valence-corrected chi connectivity index (χ0v) is 16.2. The van der Waals surface area contributed by atoms with Crippen LogP contribution in [0.1, 0.15) is 24.4 Å². The predicted octanol–water partition coefficient (Wildman–Crippen LogP) is 2.59. The van der Waals surface area contributed by atoms with E-state index < -0.39 is 0 Å². The number of nitrogens with zero attached hydrogens (tertiary/aromatic N) is 2. The lowest BCUT2D eigenvalue weighted by atomic mass is 9.75. The molecule has 6 rings (SSSR count). The molecule has 1 aromatic heterocycles. The maximum absolute atomic E-state index is 13.1. The van der Waals surface area contributed by atoms with Crippen molar-refractivity contribution in [3.05, 3.63) is 60.0 Å². The number of fused-ring (bicyclic) bond motifs is 5. The number of carbonyl (C=O) groups excluding carboxylic acids is 2. The summed E-state index contributed by atoms with van der Waals surface area (Å²) in [5.74, 6) is 0.591. The van der Waals surface area contributed by atoms with Crippen LogP contribution in [-0.2, 0) is 9.59 Å². The smallest absolute Gasteiger partial charge is 0.270 e. The van der Waals surface area contributed by atoms with Gasteiger partial charge in [-0.05, 0) is 48.6 Å². The Kier molecular flexibility index (Phi) is 3.56. The van der Waals surface area contributed by atoms with Crippen LogP contribution in [0.2, 0.25) is 0 Å². The van der Waals surface area contributed by atoms with Gasteiger partial charge in [0.2, 0.25) is 5.91 Å². The van der Waals surface area contributed by atoms with Crippen molar-refractivity contribution in [1.29, 1.82) is 0 Å². The Morgan fingerprint density at radius 2 is 2.10 bits per heavy atom. The van der Waals surface area contributed by atoms with E-state index in [2.05, 4.69) is 29.6 Å². The van der Waals surface area contributed by atoms with Crippen molar-refractivity contribution in [3.63, 3.8) is 0 Å². The molecule has 1 N–H and O–H groups in total. The van der Waals surface area contributed by atoms with Crippen molar-refractivity contribution in [3.8, 4) is 0 Å². The summed E-state index contributed by atoms with van der Waals surface area (Å²) in [4.78, 5) is 29.4. The van der Waals surface area contributed by atoms with E-state index >= 15 is 0 Å². The molecule has 3 aliphatic heterocycles. The molecule has 0 spiro atoms. The van der Waals surface area contributed by atoms with Gasteiger partial charge in [-0.3, -0.25) is 14.5 Å². The fourth-order valence-electron chi connectivity index (χ4n) is 5.70. The minimum Gasteiger partial charge on any atom is -0.464 e.